The van der Waals surface area contributed by atoms with Gasteiger partial charge in [0, 0.05) is 17.1 Å². The van der Waals surface area contributed by atoms with Crippen molar-refractivity contribution in [2.45, 2.75) is 29.9 Å². The first-order valence-corrected chi connectivity index (χ1v) is 7.29. The number of nitrogens with zero attached hydrogens (tertiary/aromatic N) is 2. The van der Waals surface area contributed by atoms with Gasteiger partial charge in [-0.25, -0.2) is 4.98 Å². The van der Waals surface area contributed by atoms with Crippen LogP contribution in [0.2, 0.25) is 0 Å². The van der Waals surface area contributed by atoms with Crippen molar-refractivity contribution in [1.82, 2.24) is 15.0 Å². The first-order valence-electron chi connectivity index (χ1n) is 6.47. The van der Waals surface area contributed by atoms with Gasteiger partial charge in [-0.1, -0.05) is 17.8 Å². The van der Waals surface area contributed by atoms with Crippen LogP contribution < -0.4 is 5.73 Å². The van der Waals surface area contributed by atoms with E-state index in [-0.39, 0.29) is 6.04 Å². The molecule has 2 aromatic heterocycles. The number of pyridine rings is 1. The molecule has 0 aliphatic rings. The van der Waals surface area contributed by atoms with Crippen LogP contribution in [0.15, 0.2) is 46.6 Å². The normalized spacial score (nSPS) is 12.8. The number of aryl methyl sites for hydroxylation is 1. The van der Waals surface area contributed by atoms with Crippen LogP contribution in [0.4, 0.5) is 0 Å². The topological polar surface area (TPSA) is 67.6 Å². The molecule has 0 unspecified atom stereocenters. The van der Waals surface area contributed by atoms with Crippen molar-refractivity contribution in [1.29, 1.82) is 0 Å². The predicted octanol–water partition coefficient (Wildman–Crippen LogP) is 3.44. The maximum absolute atomic E-state index is 5.79. The molecule has 1 aromatic carbocycles. The van der Waals surface area contributed by atoms with E-state index < -0.39 is 0 Å². The van der Waals surface area contributed by atoms with E-state index in [9.17, 15) is 0 Å². The lowest BCUT2D eigenvalue weighted by Gasteiger charge is -2.04. The minimum absolute atomic E-state index is 0.0387. The maximum atomic E-state index is 5.79. The third kappa shape index (κ3) is 2.69. The molecule has 1 atom stereocenters. The summed E-state index contributed by atoms with van der Waals surface area (Å²) >= 11 is 1.57. The summed E-state index contributed by atoms with van der Waals surface area (Å²) in [6, 6.07) is 10.1. The summed E-state index contributed by atoms with van der Waals surface area (Å²) in [5, 5.41) is 0.876. The summed E-state index contributed by atoms with van der Waals surface area (Å²) < 4.78 is 0. The Morgan fingerprint density at radius 2 is 2.10 bits per heavy atom. The van der Waals surface area contributed by atoms with Crippen molar-refractivity contribution in [2.24, 2.45) is 5.73 Å². The Morgan fingerprint density at radius 3 is 2.80 bits per heavy atom. The largest absolute Gasteiger partial charge is 0.333 e. The number of rotatable bonds is 3. The van der Waals surface area contributed by atoms with E-state index in [1.807, 2.05) is 31.3 Å². The monoisotopic (exact) mass is 284 g/mol. The average molecular weight is 284 g/mol. The van der Waals surface area contributed by atoms with Crippen LogP contribution in [0.5, 0.6) is 0 Å². The zero-order valence-electron chi connectivity index (χ0n) is 11.4. The van der Waals surface area contributed by atoms with Gasteiger partial charge in [-0.15, -0.1) is 0 Å². The summed E-state index contributed by atoms with van der Waals surface area (Å²) in [6.45, 7) is 4.00. The number of hydrogen-bond donors (Lipinski definition) is 2. The van der Waals surface area contributed by atoms with Crippen LogP contribution in [0.1, 0.15) is 24.2 Å². The van der Waals surface area contributed by atoms with Gasteiger partial charge in [0.25, 0.3) is 0 Å². The molecular weight excluding hydrogens is 268 g/mol. The number of H-pyrrole nitrogens is 1. The summed E-state index contributed by atoms with van der Waals surface area (Å²) in [5.74, 6) is 0. The molecular formula is C15H16N4S. The number of aromatic nitrogens is 3. The van der Waals surface area contributed by atoms with Crippen LogP contribution in [-0.4, -0.2) is 15.0 Å². The summed E-state index contributed by atoms with van der Waals surface area (Å²) in [6.07, 6.45) is 1.84. The molecule has 2 heterocycles. The molecule has 0 amide bonds. The molecule has 0 fully saturated rings. The second-order valence-corrected chi connectivity index (χ2v) is 5.93. The van der Waals surface area contributed by atoms with E-state index in [1.165, 1.54) is 5.56 Å². The first kappa shape index (κ1) is 13.1. The Morgan fingerprint density at radius 1 is 1.25 bits per heavy atom. The molecule has 0 radical (unpaired) electrons. The Labute approximate surface area is 121 Å². The molecule has 0 aliphatic heterocycles. The molecule has 3 N–H and O–H groups in total. The zero-order valence-corrected chi connectivity index (χ0v) is 12.2. The van der Waals surface area contributed by atoms with Crippen molar-refractivity contribution in [3.05, 3.63) is 47.8 Å². The highest BCUT2D eigenvalue weighted by atomic mass is 32.2. The number of imidazole rings is 1. The molecule has 3 rings (SSSR count). The molecule has 20 heavy (non-hydrogen) atoms. The Balaban J connectivity index is 1.85. The lowest BCUT2D eigenvalue weighted by atomic mass is 10.2. The van der Waals surface area contributed by atoms with Crippen LogP contribution in [0.3, 0.4) is 0 Å². The van der Waals surface area contributed by atoms with Crippen molar-refractivity contribution >= 4 is 22.8 Å². The number of aromatic amines is 1. The van der Waals surface area contributed by atoms with Crippen molar-refractivity contribution < 1.29 is 0 Å². The average Bonchev–Trinajstić information content (AvgIpc) is 2.80. The molecule has 0 saturated carbocycles. The van der Waals surface area contributed by atoms with Crippen LogP contribution >= 0.6 is 11.8 Å². The highest BCUT2D eigenvalue weighted by Gasteiger charge is 2.06. The highest BCUT2D eigenvalue weighted by molar-refractivity contribution is 7.99. The molecule has 102 valence electrons. The fourth-order valence-corrected chi connectivity index (χ4v) is 2.75. The van der Waals surface area contributed by atoms with Gasteiger partial charge >= 0.3 is 0 Å². The van der Waals surface area contributed by atoms with Gasteiger partial charge in [0.05, 0.1) is 16.7 Å². The van der Waals surface area contributed by atoms with Crippen LogP contribution in [0, 0.1) is 6.92 Å². The molecule has 3 aromatic rings. The van der Waals surface area contributed by atoms with Crippen molar-refractivity contribution in [3.8, 4) is 0 Å². The smallest absolute Gasteiger partial charge is 0.171 e. The molecule has 0 aliphatic carbocycles. The number of hydrogen-bond acceptors (Lipinski definition) is 4. The van der Waals surface area contributed by atoms with E-state index in [1.54, 1.807) is 11.8 Å². The zero-order chi connectivity index (χ0) is 14.1. The van der Waals surface area contributed by atoms with Gasteiger partial charge in [0.2, 0.25) is 0 Å². The number of nitrogens with two attached hydrogens (primary N) is 1. The summed E-state index contributed by atoms with van der Waals surface area (Å²) in [5.41, 5.74) is 9.96. The van der Waals surface area contributed by atoms with Crippen LogP contribution in [0.25, 0.3) is 11.0 Å². The molecule has 0 bridgehead atoms. The fraction of sp³-hybridized carbons (Fsp3) is 0.200. The second-order valence-electron chi connectivity index (χ2n) is 4.87. The van der Waals surface area contributed by atoms with E-state index in [4.69, 9.17) is 5.73 Å². The highest BCUT2D eigenvalue weighted by Crippen LogP contribution is 2.27. The van der Waals surface area contributed by atoms with E-state index in [0.29, 0.717) is 0 Å². The molecule has 0 spiro atoms. The third-order valence-corrected chi connectivity index (χ3v) is 3.92. The van der Waals surface area contributed by atoms with E-state index in [2.05, 4.69) is 34.0 Å². The van der Waals surface area contributed by atoms with Gasteiger partial charge < -0.3 is 10.7 Å². The molecule has 5 heteroatoms. The Kier molecular flexibility index (Phi) is 3.46. The lowest BCUT2D eigenvalue weighted by Crippen LogP contribution is -2.06. The number of fused-ring (bicyclic) bond motifs is 1. The standard InChI is InChI=1S/C15H16N4S/c1-9-3-5-13-14(7-9)19-15(18-13)20-11-4-6-12(10(2)16)17-8-11/h3-8,10H,16H2,1-2H3,(H,18,19)/t10-/m0/s1. The van der Waals surface area contributed by atoms with E-state index >= 15 is 0 Å². The minimum Gasteiger partial charge on any atom is -0.333 e. The van der Waals surface area contributed by atoms with Crippen molar-refractivity contribution in [3.63, 3.8) is 0 Å². The lowest BCUT2D eigenvalue weighted by molar-refractivity contribution is 0.777. The second kappa shape index (κ2) is 5.26. The Hall–Kier alpha value is -1.85. The van der Waals surface area contributed by atoms with E-state index in [0.717, 1.165) is 26.8 Å². The van der Waals surface area contributed by atoms with Gasteiger partial charge in [-0.05, 0) is 43.7 Å². The van der Waals surface area contributed by atoms with Crippen molar-refractivity contribution in [2.75, 3.05) is 0 Å². The summed E-state index contributed by atoms with van der Waals surface area (Å²) in [7, 11) is 0. The van der Waals surface area contributed by atoms with Gasteiger partial charge in [-0.3, -0.25) is 4.98 Å². The Bertz CT molecular complexity index is 731. The minimum atomic E-state index is -0.0387. The molecule has 0 saturated heterocycles. The molecule has 4 nitrogen and oxygen atoms in total. The number of benzene rings is 1. The predicted molar refractivity (Wildman–Crippen MR) is 81.8 cm³/mol. The first-order chi connectivity index (χ1) is 9.61. The van der Waals surface area contributed by atoms with Gasteiger partial charge in [-0.2, -0.15) is 0 Å². The summed E-state index contributed by atoms with van der Waals surface area (Å²) in [4.78, 5) is 13.3. The van der Waals surface area contributed by atoms with Gasteiger partial charge in [0.15, 0.2) is 5.16 Å². The number of nitrogens with one attached hydrogen (secondary N) is 1. The third-order valence-electron chi connectivity index (χ3n) is 3.06. The quantitative estimate of drug-likeness (QED) is 0.773. The maximum Gasteiger partial charge on any atom is 0.171 e. The van der Waals surface area contributed by atoms with Crippen LogP contribution in [-0.2, 0) is 0 Å². The fourth-order valence-electron chi connectivity index (χ4n) is 1.98. The SMILES string of the molecule is Cc1ccc2nc(Sc3ccc([C@H](C)N)nc3)[nH]c2c1. The van der Waals surface area contributed by atoms with Gasteiger partial charge in [0.1, 0.15) is 0 Å².